The van der Waals surface area contributed by atoms with Gasteiger partial charge in [-0.05, 0) is 48.9 Å². The third kappa shape index (κ3) is 4.48. The van der Waals surface area contributed by atoms with Gasteiger partial charge in [-0.3, -0.25) is 4.79 Å². The molecule has 0 fully saturated rings. The molecule has 0 aliphatic carbocycles. The highest BCUT2D eigenvalue weighted by atomic mass is 35.5. The number of carbonyl (C=O) groups is 1. The van der Waals surface area contributed by atoms with E-state index in [9.17, 15) is 22.0 Å². The molecule has 0 radical (unpaired) electrons. The van der Waals surface area contributed by atoms with E-state index in [4.69, 9.17) is 23.2 Å². The van der Waals surface area contributed by atoms with E-state index in [2.05, 4.69) is 5.32 Å². The first-order valence-corrected chi connectivity index (χ1v) is 9.31. The molecule has 0 spiro atoms. The summed E-state index contributed by atoms with van der Waals surface area (Å²) >= 11 is 11.9. The van der Waals surface area contributed by atoms with Gasteiger partial charge in [0.2, 0.25) is 9.84 Å². The van der Waals surface area contributed by atoms with Crippen LogP contribution >= 0.6 is 23.2 Å². The summed E-state index contributed by atoms with van der Waals surface area (Å²) in [6.45, 7) is 1.71. The molecule has 2 rings (SSSR count). The molecule has 9 heteroatoms. The minimum Gasteiger partial charge on any atom is -0.345 e. The third-order valence-corrected chi connectivity index (χ3v) is 5.42. The van der Waals surface area contributed by atoms with Gasteiger partial charge >= 0.3 is 5.76 Å². The van der Waals surface area contributed by atoms with Gasteiger partial charge in [0.05, 0.1) is 10.9 Å². The summed E-state index contributed by atoms with van der Waals surface area (Å²) < 4.78 is 47.7. The maximum Gasteiger partial charge on any atom is 0.341 e. The number of benzene rings is 2. The molecule has 0 bridgehead atoms. The predicted octanol–water partition coefficient (Wildman–Crippen LogP) is 4.48. The van der Waals surface area contributed by atoms with Gasteiger partial charge in [0, 0.05) is 15.6 Å². The van der Waals surface area contributed by atoms with E-state index >= 15 is 0 Å². The lowest BCUT2D eigenvalue weighted by Crippen LogP contribution is -2.26. The van der Waals surface area contributed by atoms with E-state index in [1.54, 1.807) is 25.1 Å². The van der Waals surface area contributed by atoms with Crippen LogP contribution in [0.2, 0.25) is 10.0 Å². The van der Waals surface area contributed by atoms with Crippen LogP contribution in [0.25, 0.3) is 0 Å². The van der Waals surface area contributed by atoms with Gasteiger partial charge in [-0.2, -0.15) is 8.78 Å². The molecule has 2 aromatic carbocycles. The summed E-state index contributed by atoms with van der Waals surface area (Å²) in [5, 5.41) is 3.54. The quantitative estimate of drug-likeness (QED) is 0.794. The number of amides is 1. The van der Waals surface area contributed by atoms with Crippen molar-refractivity contribution in [2.24, 2.45) is 0 Å². The van der Waals surface area contributed by atoms with Crippen molar-refractivity contribution in [1.29, 1.82) is 0 Å². The average Bonchev–Trinajstić information content (AvgIpc) is 2.54. The molecule has 134 valence electrons. The van der Waals surface area contributed by atoms with Crippen molar-refractivity contribution < 1.29 is 22.0 Å². The summed E-state index contributed by atoms with van der Waals surface area (Å²) in [5.74, 6) is -4.02. The molecular formula is C16H13Cl2F2NO3S. The molecule has 1 atom stereocenters. The first-order valence-electron chi connectivity index (χ1n) is 7.01. The van der Waals surface area contributed by atoms with Crippen molar-refractivity contribution in [2.45, 2.75) is 23.6 Å². The van der Waals surface area contributed by atoms with Gasteiger partial charge in [-0.15, -0.1) is 0 Å². The largest absolute Gasteiger partial charge is 0.345 e. The number of sulfone groups is 1. The third-order valence-electron chi connectivity index (χ3n) is 3.46. The standard InChI is InChI=1S/C16H13Cl2F2NO3S/c1-9(13-7-4-11(17)8-14(13)18)21-15(22)10-2-5-12(6-3-10)25(23,24)16(19)20/h2-9,16H,1H3,(H,21,22)/t9-/m1/s1. The molecule has 0 saturated heterocycles. The lowest BCUT2D eigenvalue weighted by Gasteiger charge is -2.16. The number of alkyl halides is 2. The highest BCUT2D eigenvalue weighted by molar-refractivity contribution is 7.91. The zero-order valence-electron chi connectivity index (χ0n) is 12.8. The van der Waals surface area contributed by atoms with Crippen LogP contribution < -0.4 is 5.32 Å². The van der Waals surface area contributed by atoms with Gasteiger partial charge in [-0.25, -0.2) is 8.42 Å². The van der Waals surface area contributed by atoms with Gasteiger partial charge in [0.1, 0.15) is 0 Å². The van der Waals surface area contributed by atoms with Crippen molar-refractivity contribution >= 4 is 38.9 Å². The van der Waals surface area contributed by atoms with Gasteiger partial charge < -0.3 is 5.32 Å². The second-order valence-electron chi connectivity index (χ2n) is 5.19. The van der Waals surface area contributed by atoms with Crippen molar-refractivity contribution in [3.05, 3.63) is 63.6 Å². The van der Waals surface area contributed by atoms with Gasteiger partial charge in [-0.1, -0.05) is 29.3 Å². The van der Waals surface area contributed by atoms with E-state index in [-0.39, 0.29) is 5.56 Å². The normalized spacial score (nSPS) is 12.9. The van der Waals surface area contributed by atoms with Crippen LogP contribution in [0.1, 0.15) is 28.9 Å². The Hall–Kier alpha value is -1.70. The van der Waals surface area contributed by atoms with Crippen molar-refractivity contribution in [3.63, 3.8) is 0 Å². The van der Waals surface area contributed by atoms with E-state index in [1.165, 1.54) is 12.1 Å². The summed E-state index contributed by atoms with van der Waals surface area (Å²) in [4.78, 5) is 11.7. The fourth-order valence-electron chi connectivity index (χ4n) is 2.11. The Balaban J connectivity index is 2.16. The summed E-state index contributed by atoms with van der Waals surface area (Å²) in [6, 6.07) is 8.68. The SMILES string of the molecule is C[C@@H](NC(=O)c1ccc(S(=O)(=O)C(F)F)cc1)c1ccc(Cl)cc1Cl. The first kappa shape index (κ1) is 19.6. The molecule has 25 heavy (non-hydrogen) atoms. The van der Waals surface area contributed by atoms with Crippen LogP contribution in [0.3, 0.4) is 0 Å². The highest BCUT2D eigenvalue weighted by Gasteiger charge is 2.26. The van der Waals surface area contributed by atoms with Crippen LogP contribution in [0.5, 0.6) is 0 Å². The Morgan fingerprint density at radius 2 is 1.68 bits per heavy atom. The van der Waals surface area contributed by atoms with Crippen LogP contribution in [0.4, 0.5) is 8.78 Å². The molecule has 1 N–H and O–H groups in total. The molecule has 4 nitrogen and oxygen atoms in total. The van der Waals surface area contributed by atoms with E-state index in [1.807, 2.05) is 0 Å². The lowest BCUT2D eigenvalue weighted by molar-refractivity contribution is 0.0940. The fraction of sp³-hybridized carbons (Fsp3) is 0.188. The number of hydrogen-bond acceptors (Lipinski definition) is 3. The molecular weight excluding hydrogens is 395 g/mol. The second-order valence-corrected chi connectivity index (χ2v) is 7.95. The monoisotopic (exact) mass is 407 g/mol. The van der Waals surface area contributed by atoms with E-state index in [0.29, 0.717) is 15.6 Å². The molecule has 2 aromatic rings. The lowest BCUT2D eigenvalue weighted by atomic mass is 10.1. The average molecular weight is 408 g/mol. The Morgan fingerprint density at radius 3 is 2.20 bits per heavy atom. The Bertz CT molecular complexity index is 887. The summed E-state index contributed by atoms with van der Waals surface area (Å²) in [5.41, 5.74) is 0.779. The number of hydrogen-bond donors (Lipinski definition) is 1. The topological polar surface area (TPSA) is 63.2 Å². The van der Waals surface area contributed by atoms with Crippen LogP contribution in [-0.2, 0) is 9.84 Å². The van der Waals surface area contributed by atoms with E-state index in [0.717, 1.165) is 12.1 Å². The first-order chi connectivity index (χ1) is 11.6. The molecule has 0 unspecified atom stereocenters. The Morgan fingerprint density at radius 1 is 1.08 bits per heavy atom. The molecule has 0 saturated carbocycles. The minimum absolute atomic E-state index is 0.130. The Labute approximate surface area is 153 Å². The maximum absolute atomic E-state index is 12.5. The smallest absolute Gasteiger partial charge is 0.341 e. The number of nitrogens with one attached hydrogen (secondary N) is 1. The summed E-state index contributed by atoms with van der Waals surface area (Å²) in [6.07, 6.45) is 0. The van der Waals surface area contributed by atoms with Gasteiger partial charge in [0.25, 0.3) is 5.91 Å². The maximum atomic E-state index is 12.5. The minimum atomic E-state index is -4.69. The molecule has 0 aliphatic heterocycles. The summed E-state index contributed by atoms with van der Waals surface area (Å²) in [7, 11) is -4.69. The van der Waals surface area contributed by atoms with Crippen molar-refractivity contribution in [1.82, 2.24) is 5.32 Å². The zero-order chi connectivity index (χ0) is 18.8. The van der Waals surface area contributed by atoms with Crippen molar-refractivity contribution in [3.8, 4) is 0 Å². The van der Waals surface area contributed by atoms with E-state index < -0.39 is 32.4 Å². The fourth-order valence-corrected chi connectivity index (χ4v) is 3.40. The molecule has 0 aliphatic rings. The number of halogens is 4. The van der Waals surface area contributed by atoms with Gasteiger partial charge in [0.15, 0.2) is 0 Å². The zero-order valence-corrected chi connectivity index (χ0v) is 15.2. The number of carbonyl (C=O) groups excluding carboxylic acids is 1. The van der Waals surface area contributed by atoms with Crippen LogP contribution in [0, 0.1) is 0 Å². The molecule has 1 amide bonds. The Kier molecular flexibility index (Phi) is 6.03. The predicted molar refractivity (Wildman–Crippen MR) is 92.0 cm³/mol. The van der Waals surface area contributed by atoms with Crippen molar-refractivity contribution in [2.75, 3.05) is 0 Å². The van der Waals surface area contributed by atoms with Crippen LogP contribution in [-0.4, -0.2) is 20.1 Å². The second kappa shape index (κ2) is 7.68. The molecule has 0 aromatic heterocycles. The number of rotatable bonds is 5. The highest BCUT2D eigenvalue weighted by Crippen LogP contribution is 2.26. The van der Waals surface area contributed by atoms with Crippen LogP contribution in [0.15, 0.2) is 47.4 Å². The molecule has 0 heterocycles.